The molecule has 37 heavy (non-hydrogen) atoms. The van der Waals surface area contributed by atoms with Gasteiger partial charge in [0.05, 0.1) is 25.0 Å². The van der Waals surface area contributed by atoms with Gasteiger partial charge in [0.25, 0.3) is 0 Å². The maximum atomic E-state index is 14.3. The number of aliphatic hydroxyl groups is 1. The molecular weight excluding hydrogens is 510 g/mol. The van der Waals surface area contributed by atoms with E-state index in [-0.39, 0.29) is 47.5 Å². The highest BCUT2D eigenvalue weighted by Crippen LogP contribution is 2.28. The van der Waals surface area contributed by atoms with Crippen LogP contribution in [-0.4, -0.2) is 84.8 Å². The number of sulfonamides is 1. The first kappa shape index (κ1) is 28.6. The maximum Gasteiger partial charge on any atom is 0.224 e. The van der Waals surface area contributed by atoms with Crippen LogP contribution in [0.4, 0.5) is 20.5 Å². The summed E-state index contributed by atoms with van der Waals surface area (Å²) in [5.41, 5.74) is 5.12. The third-order valence-corrected chi connectivity index (χ3v) is 8.05. The second-order valence-corrected chi connectivity index (χ2v) is 10.9. The van der Waals surface area contributed by atoms with Crippen molar-refractivity contribution in [3.63, 3.8) is 0 Å². The molecule has 11 nitrogen and oxygen atoms in total. The third kappa shape index (κ3) is 7.09. The number of halogens is 2. The molecule has 1 saturated heterocycles. The zero-order chi connectivity index (χ0) is 27.2. The van der Waals surface area contributed by atoms with Gasteiger partial charge in [-0.05, 0) is 44.9 Å². The number of nitrogens with one attached hydrogen (secondary N) is 2. The van der Waals surface area contributed by atoms with Crippen LogP contribution < -0.4 is 21.1 Å². The zero-order valence-corrected chi connectivity index (χ0v) is 21.5. The van der Waals surface area contributed by atoms with E-state index in [0.29, 0.717) is 38.9 Å². The van der Waals surface area contributed by atoms with Crippen LogP contribution in [0.15, 0.2) is 18.3 Å². The molecule has 1 unspecified atom stereocenters. The Hall–Kier alpha value is -2.94. The molecular formula is C23H32F2N6O5S. The number of carbonyl (C=O) groups excluding carboxylic acids is 1. The molecule has 2 aromatic rings. The van der Waals surface area contributed by atoms with Crippen molar-refractivity contribution in [3.8, 4) is 5.75 Å². The predicted octanol–water partition coefficient (Wildman–Crippen LogP) is 1.14. The highest BCUT2D eigenvalue weighted by molar-refractivity contribution is 7.89. The lowest BCUT2D eigenvalue weighted by Crippen LogP contribution is -2.43. The average Bonchev–Trinajstić information content (AvgIpc) is 2.88. The SMILES string of the molecule is COc1ccc(F)c(F)c1C(=O)c1cnc(NC2CCN(S(=O)(=O)CCCNC(C)CO)CC2)nc1N. The Balaban J connectivity index is 1.58. The molecule has 0 bridgehead atoms. The van der Waals surface area contributed by atoms with E-state index in [0.717, 1.165) is 18.3 Å². The van der Waals surface area contributed by atoms with Gasteiger partial charge in [-0.15, -0.1) is 0 Å². The van der Waals surface area contributed by atoms with E-state index in [9.17, 15) is 22.0 Å². The summed E-state index contributed by atoms with van der Waals surface area (Å²) in [6, 6.07) is 1.78. The largest absolute Gasteiger partial charge is 0.496 e. The van der Waals surface area contributed by atoms with Crippen molar-refractivity contribution in [2.75, 3.05) is 50.2 Å². The number of piperidine rings is 1. The number of methoxy groups -OCH3 is 1. The first-order valence-corrected chi connectivity index (χ1v) is 13.5. The molecule has 1 aromatic heterocycles. The van der Waals surface area contributed by atoms with Crippen LogP contribution in [0.2, 0.25) is 0 Å². The van der Waals surface area contributed by atoms with Gasteiger partial charge in [-0.2, -0.15) is 4.98 Å². The molecule has 1 atom stereocenters. The summed E-state index contributed by atoms with van der Waals surface area (Å²) in [6.07, 6.45) is 2.58. The number of ketones is 1. The van der Waals surface area contributed by atoms with E-state index in [1.54, 1.807) is 0 Å². The minimum absolute atomic E-state index is 0.0119. The quantitative estimate of drug-likeness (QED) is 0.226. The molecule has 1 fully saturated rings. The maximum absolute atomic E-state index is 14.3. The van der Waals surface area contributed by atoms with Crippen LogP contribution in [0.1, 0.15) is 42.1 Å². The Kier molecular flexibility index (Phi) is 9.70. The highest BCUT2D eigenvalue weighted by Gasteiger charge is 2.29. The van der Waals surface area contributed by atoms with Crippen LogP contribution >= 0.6 is 0 Å². The summed E-state index contributed by atoms with van der Waals surface area (Å²) in [6.45, 7) is 2.95. The first-order valence-electron chi connectivity index (χ1n) is 11.8. The van der Waals surface area contributed by atoms with Gasteiger partial charge in [-0.25, -0.2) is 26.5 Å². The standard InChI is InChI=1S/C23H32F2N6O5S/c1-14(13-32)27-8-3-11-37(34,35)31-9-6-15(7-10-31)29-23-28-12-16(22(26)30-23)21(33)19-18(36-2)5-4-17(24)20(19)25/h4-5,12,14-15,27,32H,3,6-11,13H2,1-2H3,(H3,26,28,29,30). The van der Waals surface area contributed by atoms with Gasteiger partial charge < -0.3 is 26.2 Å². The molecule has 0 aliphatic carbocycles. The van der Waals surface area contributed by atoms with E-state index in [2.05, 4.69) is 20.6 Å². The molecule has 1 aromatic carbocycles. The van der Waals surface area contributed by atoms with Crippen molar-refractivity contribution < 1.29 is 31.8 Å². The molecule has 1 aliphatic heterocycles. The van der Waals surface area contributed by atoms with Crippen molar-refractivity contribution in [2.24, 2.45) is 0 Å². The van der Waals surface area contributed by atoms with Crippen molar-refractivity contribution in [2.45, 2.75) is 38.3 Å². The lowest BCUT2D eigenvalue weighted by molar-refractivity contribution is 0.103. The second-order valence-electron chi connectivity index (χ2n) is 8.79. The van der Waals surface area contributed by atoms with Gasteiger partial charge in [0.1, 0.15) is 17.1 Å². The number of nitrogens with two attached hydrogens (primary N) is 1. The van der Waals surface area contributed by atoms with Crippen LogP contribution in [0.5, 0.6) is 5.75 Å². The van der Waals surface area contributed by atoms with Gasteiger partial charge in [0.15, 0.2) is 11.6 Å². The van der Waals surface area contributed by atoms with Crippen molar-refractivity contribution in [1.82, 2.24) is 19.6 Å². The van der Waals surface area contributed by atoms with E-state index < -0.39 is 33.0 Å². The van der Waals surface area contributed by atoms with Crippen LogP contribution in [-0.2, 0) is 10.0 Å². The Morgan fingerprint density at radius 2 is 2.03 bits per heavy atom. The Labute approximate surface area is 214 Å². The number of aromatic nitrogens is 2. The number of rotatable bonds is 12. The fraction of sp³-hybridized carbons (Fsp3) is 0.522. The molecule has 14 heteroatoms. The van der Waals surface area contributed by atoms with Gasteiger partial charge in [-0.3, -0.25) is 4.79 Å². The van der Waals surface area contributed by atoms with E-state index in [4.69, 9.17) is 15.6 Å². The first-order chi connectivity index (χ1) is 17.6. The summed E-state index contributed by atoms with van der Waals surface area (Å²) in [4.78, 5) is 21.0. The predicted molar refractivity (Wildman–Crippen MR) is 134 cm³/mol. The summed E-state index contributed by atoms with van der Waals surface area (Å²) in [7, 11) is -2.17. The number of nitrogens with zero attached hydrogens (tertiary/aromatic N) is 3. The number of nitrogen functional groups attached to an aromatic ring is 1. The number of hydrogen-bond acceptors (Lipinski definition) is 10. The number of benzene rings is 1. The van der Waals surface area contributed by atoms with E-state index in [1.165, 1.54) is 11.4 Å². The number of hydrogen-bond donors (Lipinski definition) is 4. The van der Waals surface area contributed by atoms with Gasteiger partial charge >= 0.3 is 0 Å². The smallest absolute Gasteiger partial charge is 0.224 e. The summed E-state index contributed by atoms with van der Waals surface area (Å²) in [5.74, 6) is -3.71. The molecule has 0 radical (unpaired) electrons. The Bertz CT molecular complexity index is 1210. The topological polar surface area (TPSA) is 160 Å². The van der Waals surface area contributed by atoms with Gasteiger partial charge in [0, 0.05) is 31.4 Å². The Morgan fingerprint density at radius 1 is 1.32 bits per heavy atom. The minimum Gasteiger partial charge on any atom is -0.496 e. The molecule has 3 rings (SSSR count). The molecule has 0 saturated carbocycles. The number of ether oxygens (including phenoxy) is 1. The summed E-state index contributed by atoms with van der Waals surface area (Å²) in [5, 5.41) is 15.1. The fourth-order valence-corrected chi connectivity index (χ4v) is 5.48. The fourth-order valence-electron chi connectivity index (χ4n) is 3.95. The lowest BCUT2D eigenvalue weighted by atomic mass is 10.0. The van der Waals surface area contributed by atoms with Crippen LogP contribution in [0, 0.1) is 11.6 Å². The molecule has 5 N–H and O–H groups in total. The molecule has 0 amide bonds. The number of carbonyl (C=O) groups is 1. The van der Waals surface area contributed by atoms with Crippen LogP contribution in [0.25, 0.3) is 0 Å². The van der Waals surface area contributed by atoms with Crippen molar-refractivity contribution in [1.29, 1.82) is 0 Å². The number of aliphatic hydroxyl groups excluding tert-OH is 1. The zero-order valence-electron chi connectivity index (χ0n) is 20.7. The molecule has 204 valence electrons. The van der Waals surface area contributed by atoms with Gasteiger partial charge in [-0.1, -0.05) is 0 Å². The van der Waals surface area contributed by atoms with Crippen molar-refractivity contribution in [3.05, 3.63) is 41.1 Å². The van der Waals surface area contributed by atoms with Crippen LogP contribution in [0.3, 0.4) is 0 Å². The molecule has 2 heterocycles. The third-order valence-electron chi connectivity index (χ3n) is 6.09. The second kappa shape index (κ2) is 12.5. The Morgan fingerprint density at radius 3 is 2.65 bits per heavy atom. The van der Waals surface area contributed by atoms with E-state index in [1.807, 2.05) is 6.92 Å². The monoisotopic (exact) mass is 542 g/mol. The van der Waals surface area contributed by atoms with Crippen molar-refractivity contribution >= 4 is 27.6 Å². The normalized spacial score (nSPS) is 15.9. The van der Waals surface area contributed by atoms with Gasteiger partial charge in [0.2, 0.25) is 21.8 Å². The highest BCUT2D eigenvalue weighted by atomic mass is 32.2. The molecule has 0 spiro atoms. The summed E-state index contributed by atoms with van der Waals surface area (Å²) >= 11 is 0. The summed E-state index contributed by atoms with van der Waals surface area (Å²) < 4.78 is 59.7. The number of anilines is 2. The van der Waals surface area contributed by atoms with E-state index >= 15 is 0 Å². The average molecular weight is 543 g/mol. The molecule has 1 aliphatic rings. The lowest BCUT2D eigenvalue weighted by Gasteiger charge is -2.31. The minimum atomic E-state index is -3.40.